The molecule has 1 unspecified atom stereocenters. The maximum atomic E-state index is 12.8. The van der Waals surface area contributed by atoms with E-state index in [4.69, 9.17) is 14.2 Å². The molecule has 0 aliphatic heterocycles. The number of carbonyl (C=O) groups is 3. The van der Waals surface area contributed by atoms with Crippen LogP contribution in [0, 0.1) is 0 Å². The SMILES string of the molecule is CC/C=C\C/C=C\C/C=C\C/C=C\C/C=C\C/C=C\C/C=C\C/C=C\C/C=C\CCCCCCCCCC(=O)OCC(COC(=O)CCCCCCCCC)OC(=O)CCCCC/C=C\C/C=C\C/C=C\CC. The van der Waals surface area contributed by atoms with Crippen molar-refractivity contribution in [2.75, 3.05) is 13.2 Å². The Kier molecular flexibility index (Phi) is 56.0. The van der Waals surface area contributed by atoms with E-state index in [0.29, 0.717) is 12.8 Å². The molecule has 0 saturated carbocycles. The summed E-state index contributed by atoms with van der Waals surface area (Å²) in [7, 11) is 0. The normalized spacial score (nSPS) is 13.2. The standard InChI is InChI=1S/C67H106O6/c1-4-7-10-13-16-18-20-22-23-24-25-26-27-28-29-30-31-32-33-34-35-36-37-38-39-40-41-42-43-45-46-48-51-54-57-60-66(69)72-63-64(62-71-65(68)59-56-53-50-15-12-9-6-3)73-67(70)61-58-55-52-49-47-44-21-19-17-14-11-8-5-2/h7-8,10-11,16-19,22-23,25-26,28-29,31-32,34-35,37-38,40-41,44,47,64H,4-6,9,12-15,20-21,24,27,30,33,36,39,42-43,45-46,48-63H2,1-3H3/b10-7-,11-8-,18-16-,19-17-,23-22-,26-25-,29-28-,32-31-,35-34-,38-37-,41-40-,47-44-. The molecule has 6 nitrogen and oxygen atoms in total. The highest BCUT2D eigenvalue weighted by molar-refractivity contribution is 5.71. The maximum absolute atomic E-state index is 12.8. The monoisotopic (exact) mass is 1010 g/mol. The molecule has 0 amide bonds. The zero-order valence-corrected chi connectivity index (χ0v) is 46.8. The van der Waals surface area contributed by atoms with Crippen LogP contribution < -0.4 is 0 Å². The maximum Gasteiger partial charge on any atom is 0.306 e. The van der Waals surface area contributed by atoms with Crippen molar-refractivity contribution < 1.29 is 28.6 Å². The summed E-state index contributed by atoms with van der Waals surface area (Å²) in [4.78, 5) is 37.9. The Morgan fingerprint density at radius 1 is 0.288 bits per heavy atom. The number of carbonyl (C=O) groups excluding carboxylic acids is 3. The summed E-state index contributed by atoms with van der Waals surface area (Å²) in [6, 6.07) is 0. The van der Waals surface area contributed by atoms with Crippen LogP contribution >= 0.6 is 0 Å². The van der Waals surface area contributed by atoms with Gasteiger partial charge in [-0.2, -0.15) is 0 Å². The second kappa shape index (κ2) is 59.8. The summed E-state index contributed by atoms with van der Waals surface area (Å²) in [6.45, 7) is 6.31. The van der Waals surface area contributed by atoms with Gasteiger partial charge in [-0.15, -0.1) is 0 Å². The van der Waals surface area contributed by atoms with Crippen LogP contribution in [0.2, 0.25) is 0 Å². The molecule has 410 valence electrons. The number of allylic oxidation sites excluding steroid dienone is 24. The first kappa shape index (κ1) is 68.3. The molecular weight excluding hydrogens is 901 g/mol. The third kappa shape index (κ3) is 58.1. The van der Waals surface area contributed by atoms with E-state index in [9.17, 15) is 14.4 Å². The smallest absolute Gasteiger partial charge is 0.306 e. The van der Waals surface area contributed by atoms with Crippen molar-refractivity contribution in [1.29, 1.82) is 0 Å². The van der Waals surface area contributed by atoms with E-state index in [0.717, 1.165) is 148 Å². The number of esters is 3. The van der Waals surface area contributed by atoms with Gasteiger partial charge in [0.05, 0.1) is 0 Å². The third-order valence-electron chi connectivity index (χ3n) is 11.8. The summed E-state index contributed by atoms with van der Waals surface area (Å²) in [5.74, 6) is -0.953. The van der Waals surface area contributed by atoms with Gasteiger partial charge in [0.2, 0.25) is 0 Å². The fourth-order valence-corrected chi connectivity index (χ4v) is 7.51. The summed E-state index contributed by atoms with van der Waals surface area (Å²) in [5, 5.41) is 0. The molecular formula is C67H106O6. The Hall–Kier alpha value is -4.71. The second-order valence-corrected chi connectivity index (χ2v) is 18.8. The van der Waals surface area contributed by atoms with Crippen LogP contribution in [-0.4, -0.2) is 37.2 Å². The fraction of sp³-hybridized carbons (Fsp3) is 0.597. The largest absolute Gasteiger partial charge is 0.462 e. The van der Waals surface area contributed by atoms with Gasteiger partial charge in [0.25, 0.3) is 0 Å². The van der Waals surface area contributed by atoms with E-state index < -0.39 is 6.10 Å². The van der Waals surface area contributed by atoms with Gasteiger partial charge in [-0.1, -0.05) is 244 Å². The Morgan fingerprint density at radius 3 is 0.849 bits per heavy atom. The fourth-order valence-electron chi connectivity index (χ4n) is 7.51. The number of rotatable bonds is 51. The summed E-state index contributed by atoms with van der Waals surface area (Å²) in [5.41, 5.74) is 0. The number of hydrogen-bond acceptors (Lipinski definition) is 6. The Balaban J connectivity index is 4.15. The van der Waals surface area contributed by atoms with Crippen LogP contribution in [0.5, 0.6) is 0 Å². The minimum atomic E-state index is -0.799. The first-order chi connectivity index (χ1) is 36.0. The third-order valence-corrected chi connectivity index (χ3v) is 11.8. The lowest BCUT2D eigenvalue weighted by molar-refractivity contribution is -0.167. The summed E-state index contributed by atoms with van der Waals surface area (Å²) in [6.07, 6.45) is 85.9. The van der Waals surface area contributed by atoms with Crippen molar-refractivity contribution in [2.45, 2.75) is 245 Å². The first-order valence-electron chi connectivity index (χ1n) is 29.3. The molecule has 0 rings (SSSR count). The average Bonchev–Trinajstić information content (AvgIpc) is 3.39. The molecule has 0 aromatic heterocycles. The van der Waals surface area contributed by atoms with Crippen LogP contribution in [0.3, 0.4) is 0 Å². The van der Waals surface area contributed by atoms with E-state index in [1.54, 1.807) is 0 Å². The minimum Gasteiger partial charge on any atom is -0.462 e. The minimum absolute atomic E-state index is 0.0968. The first-order valence-corrected chi connectivity index (χ1v) is 29.3. The van der Waals surface area contributed by atoms with Gasteiger partial charge in [-0.05, 0) is 122 Å². The Bertz CT molecular complexity index is 1630. The van der Waals surface area contributed by atoms with E-state index >= 15 is 0 Å². The lowest BCUT2D eigenvalue weighted by Gasteiger charge is -2.18. The molecule has 0 radical (unpaired) electrons. The second-order valence-electron chi connectivity index (χ2n) is 18.8. The molecule has 1 atom stereocenters. The highest BCUT2D eigenvalue weighted by Crippen LogP contribution is 2.13. The van der Waals surface area contributed by atoms with E-state index in [2.05, 4.69) is 167 Å². The van der Waals surface area contributed by atoms with Crippen LogP contribution in [0.4, 0.5) is 0 Å². The van der Waals surface area contributed by atoms with Crippen molar-refractivity contribution in [3.8, 4) is 0 Å². The highest BCUT2D eigenvalue weighted by Gasteiger charge is 2.19. The molecule has 0 bridgehead atoms. The summed E-state index contributed by atoms with van der Waals surface area (Å²) >= 11 is 0. The van der Waals surface area contributed by atoms with Gasteiger partial charge < -0.3 is 14.2 Å². The van der Waals surface area contributed by atoms with E-state index in [1.165, 1.54) is 51.4 Å². The topological polar surface area (TPSA) is 78.9 Å². The Morgan fingerprint density at radius 2 is 0.534 bits per heavy atom. The lowest BCUT2D eigenvalue weighted by atomic mass is 10.1. The van der Waals surface area contributed by atoms with Crippen LogP contribution in [-0.2, 0) is 28.6 Å². The molecule has 0 heterocycles. The summed E-state index contributed by atoms with van der Waals surface area (Å²) < 4.78 is 16.7. The predicted octanol–water partition coefficient (Wildman–Crippen LogP) is 20.0. The average molecular weight is 1010 g/mol. The molecule has 0 saturated heterocycles. The van der Waals surface area contributed by atoms with Gasteiger partial charge in [0.1, 0.15) is 13.2 Å². The zero-order valence-electron chi connectivity index (χ0n) is 46.8. The molecule has 0 aromatic carbocycles. The molecule has 0 fully saturated rings. The van der Waals surface area contributed by atoms with Gasteiger partial charge >= 0.3 is 17.9 Å². The number of ether oxygens (including phenoxy) is 3. The van der Waals surface area contributed by atoms with Gasteiger partial charge in [-0.3, -0.25) is 14.4 Å². The molecule has 6 heteroatoms. The quantitative estimate of drug-likeness (QED) is 0.0261. The highest BCUT2D eigenvalue weighted by atomic mass is 16.6. The van der Waals surface area contributed by atoms with Crippen molar-refractivity contribution in [3.63, 3.8) is 0 Å². The van der Waals surface area contributed by atoms with Crippen molar-refractivity contribution in [3.05, 3.63) is 146 Å². The number of hydrogen-bond donors (Lipinski definition) is 0. The molecule has 0 spiro atoms. The van der Waals surface area contributed by atoms with Crippen molar-refractivity contribution in [2.24, 2.45) is 0 Å². The van der Waals surface area contributed by atoms with Crippen molar-refractivity contribution >= 4 is 17.9 Å². The molecule has 73 heavy (non-hydrogen) atoms. The van der Waals surface area contributed by atoms with Crippen LogP contribution in [0.25, 0.3) is 0 Å². The van der Waals surface area contributed by atoms with Gasteiger partial charge in [0, 0.05) is 19.3 Å². The van der Waals surface area contributed by atoms with Crippen molar-refractivity contribution in [1.82, 2.24) is 0 Å². The van der Waals surface area contributed by atoms with Crippen LogP contribution in [0.1, 0.15) is 239 Å². The molecule has 0 aromatic rings. The van der Waals surface area contributed by atoms with Gasteiger partial charge in [-0.25, -0.2) is 0 Å². The van der Waals surface area contributed by atoms with Gasteiger partial charge in [0.15, 0.2) is 6.10 Å². The molecule has 0 aliphatic rings. The van der Waals surface area contributed by atoms with E-state index in [1.807, 2.05) is 0 Å². The van der Waals surface area contributed by atoms with E-state index in [-0.39, 0.29) is 37.5 Å². The molecule has 0 N–H and O–H groups in total. The molecule has 0 aliphatic carbocycles. The van der Waals surface area contributed by atoms with Crippen LogP contribution in [0.15, 0.2) is 146 Å². The zero-order chi connectivity index (χ0) is 52.9. The Labute approximate surface area is 448 Å². The number of unbranched alkanes of at least 4 members (excludes halogenated alkanes) is 16. The lowest BCUT2D eigenvalue weighted by Crippen LogP contribution is -2.30. The predicted molar refractivity (Wildman–Crippen MR) is 315 cm³/mol.